The van der Waals surface area contributed by atoms with Crippen LogP contribution in [0.15, 0.2) is 0 Å². The molecule has 0 aromatic rings. The van der Waals surface area contributed by atoms with Gasteiger partial charge in [-0.15, -0.1) is 0 Å². The van der Waals surface area contributed by atoms with Crippen LogP contribution in [-0.2, 0) is 0 Å². The van der Waals surface area contributed by atoms with E-state index in [1.807, 2.05) is 0 Å². The Morgan fingerprint density at radius 3 is 2.07 bits per heavy atom. The number of hydrogen-bond acceptors (Lipinski definition) is 2. The van der Waals surface area contributed by atoms with Crippen LogP contribution < -0.4 is 0 Å². The fourth-order valence-corrected chi connectivity index (χ4v) is 2.14. The van der Waals surface area contributed by atoms with E-state index in [2.05, 4.69) is 38.4 Å². The minimum atomic E-state index is 0.792. The maximum Gasteiger partial charge on any atom is 0.00869 e. The fraction of sp³-hybridized carbons (Fsp3) is 1.00. The van der Waals surface area contributed by atoms with Crippen LogP contribution in [0.1, 0.15) is 52.4 Å². The van der Waals surface area contributed by atoms with Gasteiger partial charge >= 0.3 is 0 Å². The number of unbranched alkanes of at least 4 members (excludes halogenated alkanes) is 3. The predicted octanol–water partition coefficient (Wildman–Crippen LogP) is 3.60. The Hall–Kier alpha value is 0.310. The summed E-state index contributed by atoms with van der Waals surface area (Å²) in [5.74, 6) is 1.04. The first-order valence-corrected chi connectivity index (χ1v) is 6.70. The van der Waals surface area contributed by atoms with E-state index >= 15 is 0 Å². The van der Waals surface area contributed by atoms with Crippen LogP contribution in [0.4, 0.5) is 0 Å². The maximum atomic E-state index is 4.22. The monoisotopic (exact) mass is 217 g/mol. The molecule has 0 unspecified atom stereocenters. The van der Waals surface area contributed by atoms with Gasteiger partial charge in [0.15, 0.2) is 0 Å². The second kappa shape index (κ2) is 9.85. The molecular formula is C12H27NS. The predicted molar refractivity (Wildman–Crippen MR) is 69.3 cm³/mol. The fourth-order valence-electron chi connectivity index (χ4n) is 1.92. The third kappa shape index (κ3) is 6.72. The largest absolute Gasteiger partial charge is 0.303 e. The topological polar surface area (TPSA) is 3.24 Å². The van der Waals surface area contributed by atoms with Gasteiger partial charge in [0.2, 0.25) is 0 Å². The molecule has 0 aromatic heterocycles. The molecule has 0 heterocycles. The molecule has 0 atom stereocenters. The lowest BCUT2D eigenvalue weighted by Gasteiger charge is -2.25. The van der Waals surface area contributed by atoms with Crippen molar-refractivity contribution in [3.05, 3.63) is 0 Å². The number of rotatable bonds is 9. The summed E-state index contributed by atoms with van der Waals surface area (Å²) in [7, 11) is 2.26. The molecule has 0 amide bonds. The first-order valence-electron chi connectivity index (χ1n) is 6.07. The lowest BCUT2D eigenvalue weighted by molar-refractivity contribution is 0.225. The minimum Gasteiger partial charge on any atom is -0.303 e. The zero-order chi connectivity index (χ0) is 10.8. The molecule has 0 aliphatic carbocycles. The van der Waals surface area contributed by atoms with E-state index in [1.54, 1.807) is 0 Å². The summed E-state index contributed by atoms with van der Waals surface area (Å²) in [6.45, 7) is 5.83. The van der Waals surface area contributed by atoms with Crippen molar-refractivity contribution in [2.75, 3.05) is 19.3 Å². The van der Waals surface area contributed by atoms with Gasteiger partial charge in [-0.2, -0.15) is 12.6 Å². The van der Waals surface area contributed by atoms with Crippen molar-refractivity contribution in [2.24, 2.45) is 0 Å². The van der Waals surface area contributed by atoms with Crippen molar-refractivity contribution in [1.82, 2.24) is 4.90 Å². The van der Waals surface area contributed by atoms with E-state index in [0.29, 0.717) is 0 Å². The molecule has 2 heteroatoms. The van der Waals surface area contributed by atoms with Crippen LogP contribution in [0.3, 0.4) is 0 Å². The SMILES string of the molecule is CCC(CC)N(C)CCCCCCS. The molecule has 0 saturated carbocycles. The third-order valence-electron chi connectivity index (χ3n) is 2.98. The zero-order valence-electron chi connectivity index (χ0n) is 10.1. The summed E-state index contributed by atoms with van der Waals surface area (Å²) in [4.78, 5) is 2.51. The average Bonchev–Trinajstić information content (AvgIpc) is 2.19. The molecule has 0 spiro atoms. The summed E-state index contributed by atoms with van der Waals surface area (Å²) >= 11 is 4.22. The third-order valence-corrected chi connectivity index (χ3v) is 3.30. The molecule has 0 aromatic carbocycles. The molecule has 14 heavy (non-hydrogen) atoms. The Morgan fingerprint density at radius 2 is 1.57 bits per heavy atom. The van der Waals surface area contributed by atoms with Crippen molar-refractivity contribution in [3.63, 3.8) is 0 Å². The molecule has 86 valence electrons. The molecule has 0 N–H and O–H groups in total. The normalized spacial score (nSPS) is 11.6. The molecule has 0 fully saturated rings. The molecule has 0 radical (unpaired) electrons. The molecule has 0 aliphatic heterocycles. The summed E-state index contributed by atoms with van der Waals surface area (Å²) in [6, 6.07) is 0.792. The number of hydrogen-bond donors (Lipinski definition) is 1. The Labute approximate surface area is 95.7 Å². The van der Waals surface area contributed by atoms with Gasteiger partial charge in [0, 0.05) is 6.04 Å². The van der Waals surface area contributed by atoms with Crippen LogP contribution in [0, 0.1) is 0 Å². The van der Waals surface area contributed by atoms with E-state index in [0.717, 1.165) is 11.8 Å². The molecular weight excluding hydrogens is 190 g/mol. The highest BCUT2D eigenvalue weighted by Gasteiger charge is 2.08. The second-order valence-corrected chi connectivity index (χ2v) is 4.54. The maximum absolute atomic E-state index is 4.22. The summed E-state index contributed by atoms with van der Waals surface area (Å²) < 4.78 is 0. The van der Waals surface area contributed by atoms with E-state index < -0.39 is 0 Å². The van der Waals surface area contributed by atoms with Crippen LogP contribution >= 0.6 is 12.6 Å². The van der Waals surface area contributed by atoms with Gasteiger partial charge in [0.1, 0.15) is 0 Å². The molecule has 1 nitrogen and oxygen atoms in total. The van der Waals surface area contributed by atoms with Gasteiger partial charge in [0.05, 0.1) is 0 Å². The van der Waals surface area contributed by atoms with Crippen LogP contribution in [-0.4, -0.2) is 30.3 Å². The second-order valence-electron chi connectivity index (χ2n) is 4.09. The minimum absolute atomic E-state index is 0.792. The van der Waals surface area contributed by atoms with Gasteiger partial charge in [-0.25, -0.2) is 0 Å². The van der Waals surface area contributed by atoms with E-state index in [4.69, 9.17) is 0 Å². The van der Waals surface area contributed by atoms with Gasteiger partial charge in [-0.3, -0.25) is 0 Å². The highest BCUT2D eigenvalue weighted by molar-refractivity contribution is 7.80. The van der Waals surface area contributed by atoms with Gasteiger partial charge < -0.3 is 4.90 Å². The van der Waals surface area contributed by atoms with Crippen LogP contribution in [0.2, 0.25) is 0 Å². The Morgan fingerprint density at radius 1 is 1.00 bits per heavy atom. The molecule has 0 aliphatic rings. The van der Waals surface area contributed by atoms with Crippen molar-refractivity contribution in [1.29, 1.82) is 0 Å². The van der Waals surface area contributed by atoms with Crippen molar-refractivity contribution < 1.29 is 0 Å². The average molecular weight is 217 g/mol. The molecule has 0 saturated heterocycles. The van der Waals surface area contributed by atoms with Crippen molar-refractivity contribution >= 4 is 12.6 Å². The highest BCUT2D eigenvalue weighted by atomic mass is 32.1. The number of thiol groups is 1. The zero-order valence-corrected chi connectivity index (χ0v) is 11.0. The highest BCUT2D eigenvalue weighted by Crippen LogP contribution is 2.08. The van der Waals surface area contributed by atoms with E-state index in [-0.39, 0.29) is 0 Å². The Bertz CT molecular complexity index is 113. The van der Waals surface area contributed by atoms with Crippen LogP contribution in [0.5, 0.6) is 0 Å². The van der Waals surface area contributed by atoms with Gasteiger partial charge in [-0.05, 0) is 45.0 Å². The number of nitrogens with zero attached hydrogens (tertiary/aromatic N) is 1. The van der Waals surface area contributed by atoms with E-state index in [9.17, 15) is 0 Å². The smallest absolute Gasteiger partial charge is 0.00869 e. The summed E-state index contributed by atoms with van der Waals surface area (Å²) in [5, 5.41) is 0. The molecule has 0 bridgehead atoms. The standard InChI is InChI=1S/C12H27NS/c1-4-12(5-2)13(3)10-8-6-7-9-11-14/h12,14H,4-11H2,1-3H3. The lowest BCUT2D eigenvalue weighted by atomic mass is 10.1. The van der Waals surface area contributed by atoms with E-state index in [1.165, 1.54) is 45.1 Å². The quantitative estimate of drug-likeness (QED) is 0.456. The summed E-state index contributed by atoms with van der Waals surface area (Å²) in [5.41, 5.74) is 0. The Balaban J connectivity index is 3.37. The Kier molecular flexibility index (Phi) is 10.1. The summed E-state index contributed by atoms with van der Waals surface area (Å²) in [6.07, 6.45) is 7.90. The van der Waals surface area contributed by atoms with Crippen molar-refractivity contribution in [3.8, 4) is 0 Å². The van der Waals surface area contributed by atoms with Crippen LogP contribution in [0.25, 0.3) is 0 Å². The van der Waals surface area contributed by atoms with Gasteiger partial charge in [-0.1, -0.05) is 26.7 Å². The first-order chi connectivity index (χ1) is 6.76. The lowest BCUT2D eigenvalue weighted by Crippen LogP contribution is -2.31. The van der Waals surface area contributed by atoms with Crippen molar-refractivity contribution in [2.45, 2.75) is 58.4 Å². The first kappa shape index (κ1) is 14.3. The van der Waals surface area contributed by atoms with Gasteiger partial charge in [0.25, 0.3) is 0 Å². The molecule has 0 rings (SSSR count).